The van der Waals surface area contributed by atoms with Gasteiger partial charge in [0.15, 0.2) is 0 Å². The summed E-state index contributed by atoms with van der Waals surface area (Å²) in [6, 6.07) is 8.22. The first-order chi connectivity index (χ1) is 12.0. The summed E-state index contributed by atoms with van der Waals surface area (Å²) in [5, 5.41) is 2.81. The van der Waals surface area contributed by atoms with Crippen LogP contribution in [0.5, 0.6) is 0 Å². The SMILES string of the molecule is C=CCNC(=O)N1CC[C@@]2(CCCN(Cc3cccc(C)c3)C2=O)C1. The molecule has 134 valence electrons. The largest absolute Gasteiger partial charge is 0.338 e. The summed E-state index contributed by atoms with van der Waals surface area (Å²) in [6.45, 7) is 8.77. The first kappa shape index (κ1) is 17.5. The summed E-state index contributed by atoms with van der Waals surface area (Å²) >= 11 is 0. The number of piperidine rings is 1. The second-order valence-corrected chi connectivity index (χ2v) is 7.25. The zero-order valence-corrected chi connectivity index (χ0v) is 15.0. The number of amides is 3. The molecule has 0 aromatic heterocycles. The molecule has 1 aromatic carbocycles. The molecule has 25 heavy (non-hydrogen) atoms. The van der Waals surface area contributed by atoms with Crippen LogP contribution in [0.15, 0.2) is 36.9 Å². The van der Waals surface area contributed by atoms with Gasteiger partial charge in [-0.15, -0.1) is 6.58 Å². The second-order valence-electron chi connectivity index (χ2n) is 7.25. The summed E-state index contributed by atoms with van der Waals surface area (Å²) < 4.78 is 0. The van der Waals surface area contributed by atoms with Gasteiger partial charge in [0.1, 0.15) is 0 Å². The predicted octanol–water partition coefficient (Wildman–Crippen LogP) is 2.71. The van der Waals surface area contributed by atoms with Crippen molar-refractivity contribution >= 4 is 11.9 Å². The van der Waals surface area contributed by atoms with Crippen LogP contribution in [-0.4, -0.2) is 47.9 Å². The van der Waals surface area contributed by atoms with Crippen LogP contribution in [0, 0.1) is 12.3 Å². The molecule has 0 aliphatic carbocycles. The summed E-state index contributed by atoms with van der Waals surface area (Å²) in [5.41, 5.74) is 1.99. The van der Waals surface area contributed by atoms with Crippen LogP contribution in [0.2, 0.25) is 0 Å². The molecule has 0 bridgehead atoms. The number of urea groups is 1. The average molecular weight is 341 g/mol. The van der Waals surface area contributed by atoms with Crippen LogP contribution in [0.25, 0.3) is 0 Å². The van der Waals surface area contributed by atoms with E-state index in [1.165, 1.54) is 11.1 Å². The number of nitrogens with zero attached hydrogens (tertiary/aromatic N) is 2. The number of hydrogen-bond acceptors (Lipinski definition) is 2. The molecule has 2 fully saturated rings. The Bertz CT molecular complexity index is 673. The number of rotatable bonds is 4. The number of carbonyl (C=O) groups is 2. The maximum atomic E-state index is 13.2. The van der Waals surface area contributed by atoms with Crippen molar-refractivity contribution in [2.24, 2.45) is 5.41 Å². The summed E-state index contributed by atoms with van der Waals surface area (Å²) in [4.78, 5) is 29.1. The number of hydrogen-bond donors (Lipinski definition) is 1. The van der Waals surface area contributed by atoms with E-state index in [4.69, 9.17) is 0 Å². The molecular formula is C20H27N3O2. The van der Waals surface area contributed by atoms with Crippen LogP contribution >= 0.6 is 0 Å². The van der Waals surface area contributed by atoms with E-state index in [1.54, 1.807) is 11.0 Å². The lowest BCUT2D eigenvalue weighted by Gasteiger charge is -2.39. The first-order valence-corrected chi connectivity index (χ1v) is 9.03. The zero-order valence-electron chi connectivity index (χ0n) is 15.0. The minimum Gasteiger partial charge on any atom is -0.338 e. The number of likely N-dealkylation sites (tertiary alicyclic amines) is 2. The molecule has 2 aliphatic heterocycles. The van der Waals surface area contributed by atoms with E-state index in [0.717, 1.165) is 25.8 Å². The van der Waals surface area contributed by atoms with Gasteiger partial charge in [-0.25, -0.2) is 4.79 Å². The maximum Gasteiger partial charge on any atom is 0.317 e. The fourth-order valence-electron chi connectivity index (χ4n) is 4.03. The summed E-state index contributed by atoms with van der Waals surface area (Å²) in [6.07, 6.45) is 4.30. The van der Waals surface area contributed by atoms with Crippen LogP contribution in [0.3, 0.4) is 0 Å². The predicted molar refractivity (Wildman–Crippen MR) is 98.0 cm³/mol. The second kappa shape index (κ2) is 7.30. The van der Waals surface area contributed by atoms with Crippen molar-refractivity contribution in [2.75, 3.05) is 26.2 Å². The van der Waals surface area contributed by atoms with Gasteiger partial charge in [0, 0.05) is 32.7 Å². The molecular weight excluding hydrogens is 314 g/mol. The highest BCUT2D eigenvalue weighted by atomic mass is 16.2. The molecule has 5 heteroatoms. The van der Waals surface area contributed by atoms with Gasteiger partial charge in [0.2, 0.25) is 5.91 Å². The smallest absolute Gasteiger partial charge is 0.317 e. The molecule has 0 radical (unpaired) electrons. The highest BCUT2D eigenvalue weighted by Crippen LogP contribution is 2.40. The van der Waals surface area contributed by atoms with Crippen molar-refractivity contribution in [2.45, 2.75) is 32.7 Å². The molecule has 0 saturated carbocycles. The van der Waals surface area contributed by atoms with Crippen LogP contribution in [-0.2, 0) is 11.3 Å². The molecule has 2 heterocycles. The molecule has 1 atom stereocenters. The van der Waals surface area contributed by atoms with E-state index in [-0.39, 0.29) is 11.9 Å². The Morgan fingerprint density at radius 3 is 2.96 bits per heavy atom. The van der Waals surface area contributed by atoms with Crippen molar-refractivity contribution in [3.8, 4) is 0 Å². The topological polar surface area (TPSA) is 52.7 Å². The highest BCUT2D eigenvalue weighted by molar-refractivity contribution is 5.85. The Kier molecular flexibility index (Phi) is 5.11. The van der Waals surface area contributed by atoms with Gasteiger partial charge in [-0.05, 0) is 31.7 Å². The Hall–Kier alpha value is -2.30. The van der Waals surface area contributed by atoms with Crippen molar-refractivity contribution in [3.63, 3.8) is 0 Å². The van der Waals surface area contributed by atoms with Crippen LogP contribution in [0.4, 0.5) is 4.79 Å². The van der Waals surface area contributed by atoms with E-state index >= 15 is 0 Å². The third kappa shape index (κ3) is 3.70. The maximum absolute atomic E-state index is 13.2. The van der Waals surface area contributed by atoms with Crippen molar-refractivity contribution in [3.05, 3.63) is 48.0 Å². The van der Waals surface area contributed by atoms with E-state index in [0.29, 0.717) is 26.2 Å². The Balaban J connectivity index is 1.68. The van der Waals surface area contributed by atoms with Gasteiger partial charge in [0.05, 0.1) is 5.41 Å². The van der Waals surface area contributed by atoms with Gasteiger partial charge in [-0.1, -0.05) is 35.9 Å². The molecule has 1 aromatic rings. The fraction of sp³-hybridized carbons (Fsp3) is 0.500. The molecule has 3 rings (SSSR count). The van der Waals surface area contributed by atoms with Crippen LogP contribution < -0.4 is 5.32 Å². The highest BCUT2D eigenvalue weighted by Gasteiger charge is 2.49. The molecule has 0 unspecified atom stereocenters. The zero-order chi connectivity index (χ0) is 17.9. The lowest BCUT2D eigenvalue weighted by molar-refractivity contribution is -0.146. The first-order valence-electron chi connectivity index (χ1n) is 9.03. The van der Waals surface area contributed by atoms with E-state index in [9.17, 15) is 9.59 Å². The van der Waals surface area contributed by atoms with Gasteiger partial charge < -0.3 is 15.1 Å². The number of carbonyl (C=O) groups excluding carboxylic acids is 2. The molecule has 1 spiro atoms. The van der Waals surface area contributed by atoms with Gasteiger partial charge in [-0.2, -0.15) is 0 Å². The Morgan fingerprint density at radius 1 is 1.36 bits per heavy atom. The van der Waals surface area contributed by atoms with Crippen molar-refractivity contribution < 1.29 is 9.59 Å². The Labute approximate surface area is 149 Å². The van der Waals surface area contributed by atoms with Gasteiger partial charge >= 0.3 is 6.03 Å². The van der Waals surface area contributed by atoms with Crippen molar-refractivity contribution in [1.82, 2.24) is 15.1 Å². The average Bonchev–Trinajstić information content (AvgIpc) is 3.02. The molecule has 1 N–H and O–H groups in total. The minimum atomic E-state index is -0.395. The summed E-state index contributed by atoms with van der Waals surface area (Å²) in [7, 11) is 0. The fourth-order valence-corrected chi connectivity index (χ4v) is 4.03. The lowest BCUT2D eigenvalue weighted by atomic mass is 9.78. The number of nitrogens with one attached hydrogen (secondary N) is 1. The van der Waals surface area contributed by atoms with Gasteiger partial charge in [0.25, 0.3) is 0 Å². The van der Waals surface area contributed by atoms with Gasteiger partial charge in [-0.3, -0.25) is 4.79 Å². The van der Waals surface area contributed by atoms with E-state index in [2.05, 4.69) is 37.0 Å². The normalized spacial score (nSPS) is 23.2. The monoisotopic (exact) mass is 341 g/mol. The molecule has 2 aliphatic rings. The third-order valence-electron chi connectivity index (χ3n) is 5.32. The summed E-state index contributed by atoms with van der Waals surface area (Å²) in [5.74, 6) is 0.208. The van der Waals surface area contributed by atoms with Crippen molar-refractivity contribution in [1.29, 1.82) is 0 Å². The van der Waals surface area contributed by atoms with Crippen LogP contribution in [0.1, 0.15) is 30.4 Å². The minimum absolute atomic E-state index is 0.0969. The molecule has 5 nitrogen and oxygen atoms in total. The lowest BCUT2D eigenvalue weighted by Crippen LogP contribution is -2.50. The van der Waals surface area contributed by atoms with E-state index < -0.39 is 5.41 Å². The third-order valence-corrected chi connectivity index (χ3v) is 5.32. The van der Waals surface area contributed by atoms with E-state index in [1.807, 2.05) is 11.0 Å². The number of benzene rings is 1. The molecule has 3 amide bonds. The Morgan fingerprint density at radius 2 is 2.20 bits per heavy atom. The standard InChI is InChI=1S/C20H27N3O2/c1-3-10-21-19(25)23-12-9-20(15-23)8-5-11-22(18(20)24)14-17-7-4-6-16(2)13-17/h3-4,6-7,13H,1,5,8-12,14-15H2,2H3,(H,21,25)/t20-/m0/s1. The molecule has 2 saturated heterocycles. The quantitative estimate of drug-likeness (QED) is 0.856. The number of aryl methyl sites for hydroxylation is 1.